The molecule has 4 nitrogen and oxygen atoms in total. The van der Waals surface area contributed by atoms with Gasteiger partial charge in [-0.3, -0.25) is 9.59 Å². The Kier molecular flexibility index (Phi) is 4.42. The first-order chi connectivity index (χ1) is 13.1. The van der Waals surface area contributed by atoms with Crippen LogP contribution in [0.2, 0.25) is 5.02 Å². The summed E-state index contributed by atoms with van der Waals surface area (Å²) in [6.07, 6.45) is -0.864. The lowest BCUT2D eigenvalue weighted by Gasteiger charge is -2.35. The fourth-order valence-corrected chi connectivity index (χ4v) is 3.28. The zero-order valence-corrected chi connectivity index (χ0v) is 15.3. The molecule has 0 fully saturated rings. The Bertz CT molecular complexity index is 1030. The predicted molar refractivity (Wildman–Crippen MR) is 103 cm³/mol. The van der Waals surface area contributed by atoms with Crippen LogP contribution in [-0.2, 0) is 0 Å². The van der Waals surface area contributed by atoms with Gasteiger partial charge in [-0.25, -0.2) is 4.90 Å². The Morgan fingerprint density at radius 2 is 1.63 bits per heavy atom. The van der Waals surface area contributed by atoms with Crippen molar-refractivity contribution in [1.29, 1.82) is 0 Å². The molecule has 3 aromatic rings. The molecule has 1 aliphatic rings. The molecule has 4 rings (SSSR count). The summed E-state index contributed by atoms with van der Waals surface area (Å²) in [6, 6.07) is 21.1. The van der Waals surface area contributed by atoms with E-state index in [1.165, 1.54) is 0 Å². The number of hydrogen-bond acceptors (Lipinski definition) is 3. The van der Waals surface area contributed by atoms with Crippen molar-refractivity contribution >= 4 is 23.4 Å². The average molecular weight is 378 g/mol. The summed E-state index contributed by atoms with van der Waals surface area (Å²) in [5, 5.41) is 0.289. The fourth-order valence-electron chi connectivity index (χ4n) is 3.07. The van der Waals surface area contributed by atoms with Crippen molar-refractivity contribution in [2.24, 2.45) is 0 Å². The number of rotatable bonds is 2. The van der Waals surface area contributed by atoms with Gasteiger partial charge >= 0.3 is 0 Å². The second-order valence-corrected chi connectivity index (χ2v) is 6.74. The molecule has 0 saturated heterocycles. The van der Waals surface area contributed by atoms with Crippen molar-refractivity contribution in [3.8, 4) is 5.75 Å². The molecule has 1 unspecified atom stereocenters. The Morgan fingerprint density at radius 1 is 0.963 bits per heavy atom. The molecule has 2 amide bonds. The molecule has 0 aromatic heterocycles. The average Bonchev–Trinajstić information content (AvgIpc) is 2.68. The largest absolute Gasteiger partial charge is 0.465 e. The van der Waals surface area contributed by atoms with Gasteiger partial charge in [0.25, 0.3) is 11.8 Å². The van der Waals surface area contributed by atoms with Gasteiger partial charge in [-0.2, -0.15) is 0 Å². The first-order valence-corrected chi connectivity index (χ1v) is 8.89. The highest BCUT2D eigenvalue weighted by molar-refractivity contribution is 6.34. The van der Waals surface area contributed by atoms with Crippen molar-refractivity contribution in [3.63, 3.8) is 0 Å². The number of nitrogens with zero attached hydrogens (tertiary/aromatic N) is 1. The number of para-hydroxylation sites is 1. The normalized spacial score (nSPS) is 15.9. The summed E-state index contributed by atoms with van der Waals surface area (Å²) in [7, 11) is 0. The Morgan fingerprint density at radius 3 is 2.37 bits per heavy atom. The minimum absolute atomic E-state index is 0.257. The number of ether oxygens (including phenoxy) is 1. The first-order valence-electron chi connectivity index (χ1n) is 8.51. The zero-order valence-electron chi connectivity index (χ0n) is 14.6. The summed E-state index contributed by atoms with van der Waals surface area (Å²) in [6.45, 7) is 1.97. The highest BCUT2D eigenvalue weighted by Crippen LogP contribution is 2.36. The van der Waals surface area contributed by atoms with E-state index in [2.05, 4.69) is 0 Å². The maximum atomic E-state index is 13.2. The van der Waals surface area contributed by atoms with Gasteiger partial charge in [0.15, 0.2) is 0 Å². The van der Waals surface area contributed by atoms with Crippen LogP contribution in [0.1, 0.15) is 38.1 Å². The first kappa shape index (κ1) is 17.3. The summed E-state index contributed by atoms with van der Waals surface area (Å²) >= 11 is 6.20. The number of fused-ring (bicyclic) bond motifs is 1. The molecule has 1 heterocycles. The van der Waals surface area contributed by atoms with Crippen LogP contribution < -0.4 is 4.74 Å². The van der Waals surface area contributed by atoms with E-state index in [0.29, 0.717) is 16.9 Å². The smallest absolute Gasteiger partial charge is 0.267 e. The third-order valence-corrected chi connectivity index (χ3v) is 4.82. The molecule has 3 aromatic carbocycles. The van der Waals surface area contributed by atoms with E-state index < -0.39 is 18.0 Å². The highest BCUT2D eigenvalue weighted by Gasteiger charge is 2.39. The van der Waals surface area contributed by atoms with Gasteiger partial charge in [-0.15, -0.1) is 0 Å². The third kappa shape index (κ3) is 3.09. The van der Waals surface area contributed by atoms with Crippen LogP contribution in [0.4, 0.5) is 0 Å². The van der Waals surface area contributed by atoms with E-state index in [4.69, 9.17) is 16.3 Å². The molecule has 134 valence electrons. The Balaban J connectivity index is 1.84. The number of imide groups is 1. The van der Waals surface area contributed by atoms with Crippen molar-refractivity contribution in [1.82, 2.24) is 4.90 Å². The van der Waals surface area contributed by atoms with E-state index in [1.54, 1.807) is 48.5 Å². The van der Waals surface area contributed by atoms with Crippen molar-refractivity contribution in [2.45, 2.75) is 13.2 Å². The number of carbonyl (C=O) groups excluding carboxylic acids is 2. The Hall–Kier alpha value is -3.11. The molecule has 0 bridgehead atoms. The minimum atomic E-state index is -0.864. The minimum Gasteiger partial charge on any atom is -0.465 e. The molecule has 1 atom stereocenters. The van der Waals surface area contributed by atoms with Crippen LogP contribution in [0.15, 0.2) is 72.8 Å². The summed E-state index contributed by atoms with van der Waals surface area (Å²) < 4.78 is 6.06. The van der Waals surface area contributed by atoms with Crippen LogP contribution in [-0.4, -0.2) is 16.7 Å². The number of benzene rings is 3. The van der Waals surface area contributed by atoms with Gasteiger partial charge in [-0.1, -0.05) is 65.7 Å². The van der Waals surface area contributed by atoms with E-state index in [1.807, 2.05) is 31.2 Å². The lowest BCUT2D eigenvalue weighted by Crippen LogP contribution is -2.45. The summed E-state index contributed by atoms with van der Waals surface area (Å²) in [4.78, 5) is 27.5. The topological polar surface area (TPSA) is 46.6 Å². The lowest BCUT2D eigenvalue weighted by molar-refractivity contribution is 0.0108. The summed E-state index contributed by atoms with van der Waals surface area (Å²) in [5.74, 6) is -0.450. The van der Waals surface area contributed by atoms with E-state index >= 15 is 0 Å². The molecular weight excluding hydrogens is 362 g/mol. The molecule has 0 radical (unpaired) electrons. The number of aryl methyl sites for hydroxylation is 1. The standard InChI is InChI=1S/C22H16ClNO3/c1-14-10-12-15(13-11-14)22-24(20(25)16-6-2-4-8-18(16)23)21(26)17-7-3-5-9-19(17)27-22/h2-13,22H,1H3. The lowest BCUT2D eigenvalue weighted by atomic mass is 10.0. The van der Waals surface area contributed by atoms with Crippen molar-refractivity contribution < 1.29 is 14.3 Å². The number of amides is 2. The summed E-state index contributed by atoms with van der Waals surface area (Å²) in [5.41, 5.74) is 2.39. The number of halogens is 1. The monoisotopic (exact) mass is 377 g/mol. The SMILES string of the molecule is Cc1ccc(C2Oc3ccccc3C(=O)N2C(=O)c2ccccc2Cl)cc1. The third-order valence-electron chi connectivity index (χ3n) is 4.49. The molecule has 1 aliphatic heterocycles. The van der Waals surface area contributed by atoms with Gasteiger partial charge < -0.3 is 4.74 Å². The number of carbonyl (C=O) groups is 2. The molecule has 27 heavy (non-hydrogen) atoms. The maximum Gasteiger partial charge on any atom is 0.267 e. The second kappa shape index (κ2) is 6.89. The molecule has 0 saturated carbocycles. The molecule has 0 aliphatic carbocycles. The quantitative estimate of drug-likeness (QED) is 0.589. The van der Waals surface area contributed by atoms with Crippen LogP contribution >= 0.6 is 11.6 Å². The van der Waals surface area contributed by atoms with Crippen molar-refractivity contribution in [3.05, 3.63) is 100 Å². The predicted octanol–water partition coefficient (Wildman–Crippen LogP) is 5.02. The zero-order chi connectivity index (χ0) is 19.0. The molecular formula is C22H16ClNO3. The molecule has 0 spiro atoms. The van der Waals surface area contributed by atoms with Crippen LogP contribution in [0.3, 0.4) is 0 Å². The van der Waals surface area contributed by atoms with Gasteiger partial charge in [0.2, 0.25) is 6.23 Å². The van der Waals surface area contributed by atoms with Gasteiger partial charge in [0, 0.05) is 5.56 Å². The number of hydrogen-bond donors (Lipinski definition) is 0. The molecule has 0 N–H and O–H groups in total. The second-order valence-electron chi connectivity index (χ2n) is 6.34. The van der Waals surface area contributed by atoms with Gasteiger partial charge in [0.05, 0.1) is 16.1 Å². The van der Waals surface area contributed by atoms with E-state index in [0.717, 1.165) is 10.5 Å². The van der Waals surface area contributed by atoms with Crippen LogP contribution in [0.25, 0.3) is 0 Å². The van der Waals surface area contributed by atoms with Crippen molar-refractivity contribution in [2.75, 3.05) is 0 Å². The molecule has 5 heteroatoms. The van der Waals surface area contributed by atoms with Gasteiger partial charge in [-0.05, 0) is 31.2 Å². The van der Waals surface area contributed by atoms with E-state index in [-0.39, 0.29) is 10.6 Å². The van der Waals surface area contributed by atoms with Gasteiger partial charge in [0.1, 0.15) is 5.75 Å². The maximum absolute atomic E-state index is 13.2. The highest BCUT2D eigenvalue weighted by atomic mass is 35.5. The van der Waals surface area contributed by atoms with E-state index in [9.17, 15) is 9.59 Å². The Labute approximate surface area is 161 Å². The van der Waals surface area contributed by atoms with Crippen LogP contribution in [0, 0.1) is 6.92 Å². The van der Waals surface area contributed by atoms with Crippen LogP contribution in [0.5, 0.6) is 5.75 Å². The fraction of sp³-hybridized carbons (Fsp3) is 0.0909.